The second-order valence-corrected chi connectivity index (χ2v) is 2.95. The van der Waals surface area contributed by atoms with Gasteiger partial charge in [0.25, 0.3) is 0 Å². The molecule has 0 aromatic carbocycles. The number of hydrogen-bond donors (Lipinski definition) is 2. The van der Waals surface area contributed by atoms with E-state index in [-0.39, 0.29) is 0 Å². The summed E-state index contributed by atoms with van der Waals surface area (Å²) in [6.45, 7) is 4.79. The van der Waals surface area contributed by atoms with Crippen molar-refractivity contribution < 1.29 is 15.0 Å². The smallest absolute Gasteiger partial charge is 0.311 e. The Kier molecular flexibility index (Phi) is 2.84. The van der Waals surface area contributed by atoms with Crippen molar-refractivity contribution in [2.45, 2.75) is 33.3 Å². The fraction of sp³-hybridized carbons (Fsp3) is 0.857. The second kappa shape index (κ2) is 3.01. The van der Waals surface area contributed by atoms with E-state index in [0.717, 1.165) is 0 Å². The summed E-state index contributed by atoms with van der Waals surface area (Å²) in [6.07, 6.45) is -0.288. The minimum absolute atomic E-state index is 0.472. The maximum Gasteiger partial charge on any atom is 0.311 e. The molecule has 0 aromatic rings. The Morgan fingerprint density at radius 3 is 2.10 bits per heavy atom. The van der Waals surface area contributed by atoms with Crippen molar-refractivity contribution in [3.8, 4) is 0 Å². The first kappa shape index (κ1) is 9.43. The lowest BCUT2D eigenvalue weighted by Gasteiger charge is -2.24. The average molecular weight is 146 g/mol. The lowest BCUT2D eigenvalue weighted by molar-refractivity contribution is -0.153. The van der Waals surface area contributed by atoms with Crippen LogP contribution in [0.2, 0.25) is 0 Å². The van der Waals surface area contributed by atoms with Gasteiger partial charge in [-0.05, 0) is 20.3 Å². The summed E-state index contributed by atoms with van der Waals surface area (Å²) in [5.74, 6) is -0.957. The molecule has 0 rings (SSSR count). The Hall–Kier alpha value is -0.570. The van der Waals surface area contributed by atoms with Crippen LogP contribution in [-0.2, 0) is 4.79 Å². The summed E-state index contributed by atoms with van der Waals surface area (Å²) in [5.41, 5.74) is -1.02. The van der Waals surface area contributed by atoms with Gasteiger partial charge in [0.15, 0.2) is 0 Å². The second-order valence-electron chi connectivity index (χ2n) is 2.95. The van der Waals surface area contributed by atoms with Crippen molar-refractivity contribution in [1.82, 2.24) is 0 Å². The van der Waals surface area contributed by atoms with Crippen LogP contribution in [0.1, 0.15) is 27.2 Å². The van der Waals surface area contributed by atoms with E-state index < -0.39 is 17.5 Å². The molecule has 0 aliphatic heterocycles. The van der Waals surface area contributed by atoms with Crippen LogP contribution in [0.15, 0.2) is 0 Å². The van der Waals surface area contributed by atoms with E-state index in [9.17, 15) is 9.90 Å². The van der Waals surface area contributed by atoms with Gasteiger partial charge in [-0.15, -0.1) is 0 Å². The zero-order chi connectivity index (χ0) is 8.36. The number of aliphatic hydroxyl groups excluding tert-OH is 1. The molecule has 2 N–H and O–H groups in total. The Bertz CT molecular complexity index is 129. The molecule has 0 radical (unpaired) electrons. The number of carboxylic acids is 1. The first-order valence-corrected chi connectivity index (χ1v) is 3.34. The molecule has 0 spiro atoms. The van der Waals surface area contributed by atoms with Crippen molar-refractivity contribution in [3.05, 3.63) is 0 Å². The van der Waals surface area contributed by atoms with Crippen LogP contribution in [0.25, 0.3) is 0 Å². The largest absolute Gasteiger partial charge is 0.481 e. The molecule has 60 valence electrons. The first-order chi connectivity index (χ1) is 4.42. The van der Waals surface area contributed by atoms with E-state index in [1.54, 1.807) is 6.92 Å². The number of hydrogen-bond acceptors (Lipinski definition) is 2. The average Bonchev–Trinajstić information content (AvgIpc) is 1.86. The summed E-state index contributed by atoms with van der Waals surface area (Å²) in [6, 6.07) is 0. The molecule has 0 saturated carbocycles. The van der Waals surface area contributed by atoms with Gasteiger partial charge in [-0.25, -0.2) is 0 Å². The molecule has 3 heteroatoms. The van der Waals surface area contributed by atoms with E-state index in [0.29, 0.717) is 6.42 Å². The fourth-order valence-electron chi connectivity index (χ4n) is 0.653. The molecule has 0 aliphatic carbocycles. The molecule has 3 nitrogen and oxygen atoms in total. The fourth-order valence-corrected chi connectivity index (χ4v) is 0.653. The molecule has 1 unspecified atom stereocenters. The number of rotatable bonds is 3. The number of carbonyl (C=O) groups is 1. The Labute approximate surface area is 60.7 Å². The van der Waals surface area contributed by atoms with Crippen LogP contribution >= 0.6 is 0 Å². The lowest BCUT2D eigenvalue weighted by Crippen LogP contribution is -2.36. The van der Waals surface area contributed by atoms with Crippen molar-refractivity contribution in [3.63, 3.8) is 0 Å². The normalized spacial score (nSPS) is 14.8. The van der Waals surface area contributed by atoms with Gasteiger partial charge < -0.3 is 10.2 Å². The van der Waals surface area contributed by atoms with E-state index in [4.69, 9.17) is 5.11 Å². The number of aliphatic hydroxyl groups is 1. The van der Waals surface area contributed by atoms with Gasteiger partial charge in [-0.1, -0.05) is 6.92 Å². The van der Waals surface area contributed by atoms with Gasteiger partial charge in [0.1, 0.15) is 0 Å². The monoisotopic (exact) mass is 146 g/mol. The Morgan fingerprint density at radius 2 is 2.00 bits per heavy atom. The highest BCUT2D eigenvalue weighted by Gasteiger charge is 2.34. The molecule has 0 aliphatic rings. The molecular weight excluding hydrogens is 132 g/mol. The highest BCUT2D eigenvalue weighted by molar-refractivity contribution is 5.74. The zero-order valence-electron chi connectivity index (χ0n) is 6.59. The molecule has 1 atom stereocenters. The summed E-state index contributed by atoms with van der Waals surface area (Å²) >= 11 is 0. The van der Waals surface area contributed by atoms with Crippen molar-refractivity contribution in [2.75, 3.05) is 0 Å². The summed E-state index contributed by atoms with van der Waals surface area (Å²) in [4.78, 5) is 10.5. The standard InChI is InChI=1S/C7H14O3/c1-4-5(8)7(2,3)6(9)10/h5,8H,4H2,1-3H3,(H,9,10). The number of aliphatic carboxylic acids is 1. The van der Waals surface area contributed by atoms with Gasteiger partial charge in [0.2, 0.25) is 0 Å². The summed E-state index contributed by atoms with van der Waals surface area (Å²) in [7, 11) is 0. The van der Waals surface area contributed by atoms with Crippen LogP contribution in [0.3, 0.4) is 0 Å². The van der Waals surface area contributed by atoms with E-state index in [1.807, 2.05) is 0 Å². The minimum Gasteiger partial charge on any atom is -0.481 e. The topological polar surface area (TPSA) is 57.5 Å². The maximum absolute atomic E-state index is 10.5. The van der Waals surface area contributed by atoms with Gasteiger partial charge in [0.05, 0.1) is 11.5 Å². The minimum atomic E-state index is -1.02. The molecule has 10 heavy (non-hydrogen) atoms. The highest BCUT2D eigenvalue weighted by Crippen LogP contribution is 2.22. The van der Waals surface area contributed by atoms with E-state index in [1.165, 1.54) is 13.8 Å². The molecule has 0 bridgehead atoms. The van der Waals surface area contributed by atoms with Gasteiger partial charge in [0, 0.05) is 0 Å². The van der Waals surface area contributed by atoms with Crippen molar-refractivity contribution in [1.29, 1.82) is 0 Å². The van der Waals surface area contributed by atoms with Crippen molar-refractivity contribution >= 4 is 5.97 Å². The third-order valence-corrected chi connectivity index (χ3v) is 1.77. The highest BCUT2D eigenvalue weighted by atomic mass is 16.4. The molecule has 0 heterocycles. The third kappa shape index (κ3) is 1.70. The first-order valence-electron chi connectivity index (χ1n) is 3.34. The van der Waals surface area contributed by atoms with Gasteiger partial charge in [-0.2, -0.15) is 0 Å². The van der Waals surface area contributed by atoms with Crippen LogP contribution < -0.4 is 0 Å². The third-order valence-electron chi connectivity index (χ3n) is 1.77. The SMILES string of the molecule is CCC(O)C(C)(C)C(=O)O. The molecule has 0 amide bonds. The summed E-state index contributed by atoms with van der Waals surface area (Å²) in [5, 5.41) is 17.8. The van der Waals surface area contributed by atoms with Crippen LogP contribution in [-0.4, -0.2) is 22.3 Å². The summed E-state index contributed by atoms with van der Waals surface area (Å²) < 4.78 is 0. The lowest BCUT2D eigenvalue weighted by atomic mass is 9.85. The number of carboxylic acid groups (broad SMARTS) is 1. The van der Waals surface area contributed by atoms with Crippen LogP contribution in [0.4, 0.5) is 0 Å². The maximum atomic E-state index is 10.5. The molecular formula is C7H14O3. The van der Waals surface area contributed by atoms with Crippen LogP contribution in [0, 0.1) is 5.41 Å². The molecule has 0 fully saturated rings. The van der Waals surface area contributed by atoms with Gasteiger partial charge >= 0.3 is 5.97 Å². The van der Waals surface area contributed by atoms with Gasteiger partial charge in [-0.3, -0.25) is 4.79 Å². The Morgan fingerprint density at radius 1 is 1.60 bits per heavy atom. The van der Waals surface area contributed by atoms with Crippen LogP contribution in [0.5, 0.6) is 0 Å². The van der Waals surface area contributed by atoms with E-state index >= 15 is 0 Å². The predicted molar refractivity (Wildman–Crippen MR) is 37.7 cm³/mol. The van der Waals surface area contributed by atoms with E-state index in [2.05, 4.69) is 0 Å². The quantitative estimate of drug-likeness (QED) is 0.621. The predicted octanol–water partition coefficient (Wildman–Crippen LogP) is 0.868. The van der Waals surface area contributed by atoms with Crippen molar-refractivity contribution in [2.24, 2.45) is 5.41 Å². The molecule has 0 aromatic heterocycles. The zero-order valence-corrected chi connectivity index (χ0v) is 6.59. The Balaban J connectivity index is 4.23. The molecule has 0 saturated heterocycles.